The van der Waals surface area contributed by atoms with Crippen molar-refractivity contribution in [3.05, 3.63) is 59.7 Å². The first-order valence-electron chi connectivity index (χ1n) is 11.1. The van der Waals surface area contributed by atoms with Gasteiger partial charge in [0.05, 0.1) is 5.92 Å². The van der Waals surface area contributed by atoms with Gasteiger partial charge in [-0.3, -0.25) is 9.59 Å². The number of aliphatic carboxylic acids is 1. The van der Waals surface area contributed by atoms with Crippen molar-refractivity contribution < 1.29 is 29.0 Å². The van der Waals surface area contributed by atoms with E-state index in [-0.39, 0.29) is 43.2 Å². The minimum absolute atomic E-state index is 0.0160. The maximum Gasteiger partial charge on any atom is 0.407 e. The summed E-state index contributed by atoms with van der Waals surface area (Å²) >= 11 is 0. The Hall–Kier alpha value is -3.39. The molecule has 174 valence electrons. The zero-order valence-corrected chi connectivity index (χ0v) is 18.5. The highest BCUT2D eigenvalue weighted by Crippen LogP contribution is 2.44. The maximum atomic E-state index is 12.3. The van der Waals surface area contributed by atoms with Gasteiger partial charge in [-0.05, 0) is 34.6 Å². The minimum atomic E-state index is -0.829. The molecule has 2 aromatic rings. The molecule has 0 aliphatic heterocycles. The van der Waals surface area contributed by atoms with Gasteiger partial charge >= 0.3 is 12.1 Å². The molecule has 0 heterocycles. The van der Waals surface area contributed by atoms with Gasteiger partial charge in [-0.1, -0.05) is 48.5 Å². The Morgan fingerprint density at radius 3 is 2.24 bits per heavy atom. The molecule has 4 rings (SSSR count). The number of carboxylic acids is 1. The number of carbonyl (C=O) groups excluding carboxylic acids is 2. The standard InChI is InChI=1S/C25H28N2O6/c1-32-22(23(28)27-13-15-12-20(15)24(29)30)10-11-26-25(31)33-14-21-18-8-4-2-6-16(18)17-7-3-5-9-19(17)21/h2-9,15,20-22H,10-14H2,1H3,(H,26,31)(H,27,28)(H,29,30)/t15-,20-,22?/m0/s1. The molecule has 1 fully saturated rings. The van der Waals surface area contributed by atoms with E-state index in [4.69, 9.17) is 14.6 Å². The van der Waals surface area contributed by atoms with Crippen molar-refractivity contribution in [2.75, 3.05) is 26.8 Å². The summed E-state index contributed by atoms with van der Waals surface area (Å²) in [4.78, 5) is 35.4. The second-order valence-electron chi connectivity index (χ2n) is 8.45. The fourth-order valence-corrected chi connectivity index (χ4v) is 4.43. The number of rotatable bonds is 10. The lowest BCUT2D eigenvalue weighted by Crippen LogP contribution is -2.39. The Bertz CT molecular complexity index is 994. The lowest BCUT2D eigenvalue weighted by Gasteiger charge is -2.17. The number of hydrogen-bond acceptors (Lipinski definition) is 5. The summed E-state index contributed by atoms with van der Waals surface area (Å²) in [5, 5.41) is 14.3. The molecule has 0 saturated heterocycles. The lowest BCUT2D eigenvalue weighted by molar-refractivity contribution is -0.139. The summed E-state index contributed by atoms with van der Waals surface area (Å²) in [6.45, 7) is 0.749. The van der Waals surface area contributed by atoms with Gasteiger partial charge in [-0.15, -0.1) is 0 Å². The molecule has 2 aromatic carbocycles. The number of benzene rings is 2. The first kappa shape index (κ1) is 22.8. The van der Waals surface area contributed by atoms with Crippen LogP contribution in [0.1, 0.15) is 29.9 Å². The van der Waals surface area contributed by atoms with Crippen LogP contribution < -0.4 is 10.6 Å². The average Bonchev–Trinajstić information content (AvgIpc) is 3.54. The highest BCUT2D eigenvalue weighted by Gasteiger charge is 2.43. The van der Waals surface area contributed by atoms with Crippen LogP contribution in [0.2, 0.25) is 0 Å². The predicted octanol–water partition coefficient (Wildman–Crippen LogP) is 2.77. The number of nitrogens with one attached hydrogen (secondary N) is 2. The van der Waals surface area contributed by atoms with Crippen LogP contribution in [-0.2, 0) is 19.1 Å². The van der Waals surface area contributed by atoms with Crippen LogP contribution in [0.5, 0.6) is 0 Å². The molecule has 0 spiro atoms. The zero-order valence-electron chi connectivity index (χ0n) is 18.5. The molecule has 8 heteroatoms. The smallest absolute Gasteiger partial charge is 0.407 e. The zero-order chi connectivity index (χ0) is 23.4. The van der Waals surface area contributed by atoms with E-state index in [0.29, 0.717) is 13.0 Å². The second-order valence-corrected chi connectivity index (χ2v) is 8.45. The largest absolute Gasteiger partial charge is 0.481 e. The molecule has 8 nitrogen and oxygen atoms in total. The van der Waals surface area contributed by atoms with Gasteiger partial charge < -0.3 is 25.2 Å². The molecular formula is C25H28N2O6. The number of amides is 2. The molecule has 1 unspecified atom stereocenters. The van der Waals surface area contributed by atoms with E-state index in [9.17, 15) is 14.4 Å². The van der Waals surface area contributed by atoms with E-state index >= 15 is 0 Å². The van der Waals surface area contributed by atoms with Crippen LogP contribution in [0.4, 0.5) is 4.79 Å². The van der Waals surface area contributed by atoms with E-state index in [1.165, 1.54) is 7.11 Å². The third kappa shape index (κ3) is 5.17. The van der Waals surface area contributed by atoms with Crippen molar-refractivity contribution in [1.29, 1.82) is 0 Å². The lowest BCUT2D eigenvalue weighted by atomic mass is 9.98. The molecule has 1 saturated carbocycles. The Morgan fingerprint density at radius 2 is 1.67 bits per heavy atom. The van der Waals surface area contributed by atoms with E-state index in [2.05, 4.69) is 34.9 Å². The molecular weight excluding hydrogens is 424 g/mol. The average molecular weight is 453 g/mol. The monoisotopic (exact) mass is 452 g/mol. The van der Waals surface area contributed by atoms with E-state index in [0.717, 1.165) is 22.3 Å². The first-order chi connectivity index (χ1) is 16.0. The van der Waals surface area contributed by atoms with Gasteiger partial charge in [0.15, 0.2) is 0 Å². The summed E-state index contributed by atoms with van der Waals surface area (Å²) in [5.74, 6) is -1.56. The predicted molar refractivity (Wildman–Crippen MR) is 121 cm³/mol. The van der Waals surface area contributed by atoms with Crippen molar-refractivity contribution in [3.63, 3.8) is 0 Å². The molecule has 0 aromatic heterocycles. The van der Waals surface area contributed by atoms with Crippen LogP contribution in [0, 0.1) is 11.8 Å². The third-order valence-corrected chi connectivity index (χ3v) is 6.37. The van der Waals surface area contributed by atoms with E-state index in [1.807, 2.05) is 24.3 Å². The van der Waals surface area contributed by atoms with Crippen LogP contribution in [0.25, 0.3) is 11.1 Å². The third-order valence-electron chi connectivity index (χ3n) is 6.37. The van der Waals surface area contributed by atoms with Crippen molar-refractivity contribution >= 4 is 18.0 Å². The number of ether oxygens (including phenoxy) is 2. The fourth-order valence-electron chi connectivity index (χ4n) is 4.43. The van der Waals surface area contributed by atoms with Gasteiger partial charge in [0.1, 0.15) is 12.7 Å². The van der Waals surface area contributed by atoms with Crippen LogP contribution >= 0.6 is 0 Å². The van der Waals surface area contributed by atoms with E-state index < -0.39 is 18.2 Å². The number of alkyl carbamates (subject to hydrolysis) is 1. The van der Waals surface area contributed by atoms with Crippen LogP contribution in [0.3, 0.4) is 0 Å². The minimum Gasteiger partial charge on any atom is -0.481 e. The number of hydrogen-bond donors (Lipinski definition) is 3. The summed E-state index contributed by atoms with van der Waals surface area (Å²) < 4.78 is 10.7. The summed E-state index contributed by atoms with van der Waals surface area (Å²) in [6, 6.07) is 16.3. The molecule has 0 radical (unpaired) electrons. The van der Waals surface area contributed by atoms with Gasteiger partial charge in [-0.2, -0.15) is 0 Å². The quantitative estimate of drug-likeness (QED) is 0.511. The first-order valence-corrected chi connectivity index (χ1v) is 11.1. The SMILES string of the molecule is COC(CCNC(=O)OCC1c2ccccc2-c2ccccc21)C(=O)NC[C@@H]1C[C@@H]1C(=O)O. The fraction of sp³-hybridized carbons (Fsp3) is 0.400. The molecule has 2 amide bonds. The second kappa shape index (κ2) is 10.0. The summed E-state index contributed by atoms with van der Waals surface area (Å²) in [5.41, 5.74) is 4.61. The van der Waals surface area contributed by atoms with Crippen molar-refractivity contribution in [3.8, 4) is 11.1 Å². The van der Waals surface area contributed by atoms with Gasteiger partial charge in [0.25, 0.3) is 0 Å². The normalized spacial score (nSPS) is 19.2. The molecule has 33 heavy (non-hydrogen) atoms. The number of carboxylic acid groups (broad SMARTS) is 1. The van der Waals surface area contributed by atoms with Gasteiger partial charge in [0.2, 0.25) is 5.91 Å². The van der Waals surface area contributed by atoms with Gasteiger partial charge in [-0.25, -0.2) is 4.79 Å². The Kier molecular flexibility index (Phi) is 6.93. The highest BCUT2D eigenvalue weighted by molar-refractivity contribution is 5.81. The van der Waals surface area contributed by atoms with Crippen molar-refractivity contribution in [2.45, 2.75) is 24.9 Å². The number of carbonyl (C=O) groups is 3. The van der Waals surface area contributed by atoms with E-state index in [1.54, 1.807) is 0 Å². The molecule has 3 N–H and O–H groups in total. The summed E-state index contributed by atoms with van der Waals surface area (Å²) in [7, 11) is 1.43. The van der Waals surface area contributed by atoms with Crippen LogP contribution in [-0.4, -0.2) is 56.0 Å². The highest BCUT2D eigenvalue weighted by atomic mass is 16.5. The van der Waals surface area contributed by atoms with Crippen molar-refractivity contribution in [2.24, 2.45) is 11.8 Å². The Balaban J connectivity index is 1.21. The number of methoxy groups -OCH3 is 1. The molecule has 0 bridgehead atoms. The molecule has 3 atom stereocenters. The van der Waals surface area contributed by atoms with Crippen LogP contribution in [0.15, 0.2) is 48.5 Å². The topological polar surface area (TPSA) is 114 Å². The maximum absolute atomic E-state index is 12.3. The Labute approximate surface area is 192 Å². The molecule has 2 aliphatic carbocycles. The Morgan fingerprint density at radius 1 is 1.03 bits per heavy atom. The summed E-state index contributed by atoms with van der Waals surface area (Å²) in [6.07, 6.45) is -0.425. The van der Waals surface area contributed by atoms with Gasteiger partial charge in [0, 0.05) is 32.5 Å². The van der Waals surface area contributed by atoms with Crippen molar-refractivity contribution in [1.82, 2.24) is 10.6 Å². The number of fused-ring (bicyclic) bond motifs is 3. The molecule has 2 aliphatic rings.